The molecule has 192 valence electrons. The lowest BCUT2D eigenvalue weighted by Crippen LogP contribution is -2.34. The van der Waals surface area contributed by atoms with Crippen molar-refractivity contribution in [1.29, 1.82) is 5.41 Å². The van der Waals surface area contributed by atoms with E-state index < -0.39 is 18.1 Å². The normalized spacial score (nSPS) is 14.1. The lowest BCUT2D eigenvalue weighted by atomic mass is 10.2. The Balaban J connectivity index is 0.000000516. The third-order valence-electron chi connectivity index (χ3n) is 4.17. The molecule has 35 heavy (non-hydrogen) atoms. The first-order chi connectivity index (χ1) is 16.4. The highest BCUT2D eigenvalue weighted by Gasteiger charge is 2.26. The molecule has 2 aromatic carbocycles. The zero-order valence-electron chi connectivity index (χ0n) is 19.9. The van der Waals surface area contributed by atoms with Gasteiger partial charge in [0.1, 0.15) is 12.6 Å². The van der Waals surface area contributed by atoms with E-state index in [2.05, 4.69) is 14.5 Å². The number of nitrogens with two attached hydrogens (primary N) is 1. The number of aliphatic hydroxyl groups is 1. The summed E-state index contributed by atoms with van der Waals surface area (Å²) in [5.41, 5.74) is 6.71. The van der Waals surface area contributed by atoms with Crippen LogP contribution in [0.4, 0.5) is 0 Å². The van der Waals surface area contributed by atoms with Crippen molar-refractivity contribution in [3.8, 4) is 0 Å². The second-order valence-electron chi connectivity index (χ2n) is 6.59. The predicted octanol–water partition coefficient (Wildman–Crippen LogP) is 1.95. The van der Waals surface area contributed by atoms with Gasteiger partial charge in [-0.15, -0.1) is 12.4 Å². The van der Waals surface area contributed by atoms with Crippen molar-refractivity contribution in [3.63, 3.8) is 0 Å². The van der Waals surface area contributed by atoms with Gasteiger partial charge < -0.3 is 29.8 Å². The van der Waals surface area contributed by atoms with Gasteiger partial charge in [0.15, 0.2) is 6.04 Å². The van der Waals surface area contributed by atoms with Gasteiger partial charge in [-0.2, -0.15) is 0 Å². The Morgan fingerprint density at radius 2 is 1.69 bits per heavy atom. The van der Waals surface area contributed by atoms with Gasteiger partial charge in [-0.25, -0.2) is 9.79 Å². The molecule has 1 aliphatic heterocycles. The smallest absolute Gasteiger partial charge is 0.334 e. The van der Waals surface area contributed by atoms with Crippen LogP contribution < -0.4 is 5.73 Å². The number of aliphatic imine (C=N–C) groups is 1. The average Bonchev–Trinajstić information content (AvgIpc) is 3.39. The topological polar surface area (TPSA) is 154 Å². The summed E-state index contributed by atoms with van der Waals surface area (Å²) < 4.78 is 19.1. The van der Waals surface area contributed by atoms with E-state index in [9.17, 15) is 9.59 Å². The van der Waals surface area contributed by atoms with Crippen molar-refractivity contribution in [2.75, 3.05) is 34.0 Å². The van der Waals surface area contributed by atoms with E-state index in [1.807, 2.05) is 67.6 Å². The molecule has 1 aliphatic rings. The number of esters is 2. The van der Waals surface area contributed by atoms with E-state index in [4.69, 9.17) is 25.7 Å². The zero-order chi connectivity index (χ0) is 25.3. The molecule has 0 fully saturated rings. The fraction of sp³-hybridized carbons (Fsp3) is 0.333. The van der Waals surface area contributed by atoms with Gasteiger partial charge >= 0.3 is 11.9 Å². The number of hydrogen-bond donors (Lipinski definition) is 3. The molecule has 10 nitrogen and oxygen atoms in total. The summed E-state index contributed by atoms with van der Waals surface area (Å²) in [7, 11) is 2.57. The van der Waals surface area contributed by atoms with Gasteiger partial charge in [-0.1, -0.05) is 36.4 Å². The highest BCUT2D eigenvalue weighted by Crippen LogP contribution is 2.12. The Kier molecular flexibility index (Phi) is 16.2. The number of carbonyl (C=O) groups excluding carboxylic acids is 2. The standard InChI is InChI=1S/C11H11NO3.C9H11NO.C4H9NO3.ClH/c1-14-11(13)9-7-15-10(12-9)8-5-3-2-4-6-8;1-2-11-9(10)8-6-4-3-5-7-8;1-8-4(7)3(5)2-6;/h2-6,9H,7H2,1H3;3-7,10H,2H2,1H3;3,6H,2,5H2,1H3;1H/t9-;;3-;/m1.1./s1. The van der Waals surface area contributed by atoms with Gasteiger partial charge in [-0.05, 0) is 31.2 Å². The van der Waals surface area contributed by atoms with Gasteiger partial charge in [0, 0.05) is 11.1 Å². The van der Waals surface area contributed by atoms with Crippen molar-refractivity contribution < 1.29 is 33.6 Å². The van der Waals surface area contributed by atoms with Crippen LogP contribution in [-0.4, -0.2) is 75.0 Å². The maximum Gasteiger partial charge on any atom is 0.334 e. The quantitative estimate of drug-likeness (QED) is 0.303. The Morgan fingerprint density at radius 1 is 1.11 bits per heavy atom. The summed E-state index contributed by atoms with van der Waals surface area (Å²) >= 11 is 0. The number of benzene rings is 2. The van der Waals surface area contributed by atoms with Crippen LogP contribution in [0.5, 0.6) is 0 Å². The van der Waals surface area contributed by atoms with Crippen LogP contribution in [0, 0.1) is 5.41 Å². The fourth-order valence-corrected chi connectivity index (χ4v) is 2.41. The number of rotatable bonds is 6. The summed E-state index contributed by atoms with van der Waals surface area (Å²) in [5.74, 6) is -0.201. The molecule has 0 radical (unpaired) electrons. The van der Waals surface area contributed by atoms with E-state index in [0.717, 1.165) is 11.1 Å². The van der Waals surface area contributed by atoms with Crippen LogP contribution in [0.15, 0.2) is 65.7 Å². The number of ether oxygens (including phenoxy) is 4. The number of aliphatic hydroxyl groups excluding tert-OH is 1. The molecular formula is C24H32ClN3O7. The first kappa shape index (κ1) is 31.5. The van der Waals surface area contributed by atoms with Crippen LogP contribution in [-0.2, 0) is 28.5 Å². The maximum absolute atomic E-state index is 11.2. The van der Waals surface area contributed by atoms with E-state index >= 15 is 0 Å². The molecule has 4 N–H and O–H groups in total. The minimum Gasteiger partial charge on any atom is -0.478 e. The zero-order valence-corrected chi connectivity index (χ0v) is 20.7. The molecule has 0 aliphatic carbocycles. The molecule has 0 saturated heterocycles. The summed E-state index contributed by atoms with van der Waals surface area (Å²) in [4.78, 5) is 25.6. The minimum atomic E-state index is -0.889. The molecule has 0 aromatic heterocycles. The highest BCUT2D eigenvalue weighted by molar-refractivity contribution is 5.97. The first-order valence-electron chi connectivity index (χ1n) is 10.4. The largest absolute Gasteiger partial charge is 0.478 e. The van der Waals surface area contributed by atoms with Gasteiger partial charge in [0.05, 0.1) is 27.4 Å². The molecule has 2 aromatic rings. The number of halogens is 1. The maximum atomic E-state index is 11.2. The number of nitrogens with one attached hydrogen (secondary N) is 1. The molecule has 0 amide bonds. The average molecular weight is 510 g/mol. The molecule has 0 spiro atoms. The summed E-state index contributed by atoms with van der Waals surface area (Å²) in [6, 6.07) is 17.5. The van der Waals surface area contributed by atoms with Crippen molar-refractivity contribution in [1.82, 2.24) is 0 Å². The SMILES string of the molecule is CCOC(=N)c1ccccc1.COC(=O)[C@H](N)CO.COC(=O)[C@H]1COC(c2ccccc2)=N1.Cl. The second kappa shape index (κ2) is 17.9. The van der Waals surface area contributed by atoms with Gasteiger partial charge in [-0.3, -0.25) is 10.2 Å². The van der Waals surface area contributed by atoms with E-state index in [1.165, 1.54) is 14.2 Å². The lowest BCUT2D eigenvalue weighted by Gasteiger charge is -2.02. The fourth-order valence-electron chi connectivity index (χ4n) is 2.41. The highest BCUT2D eigenvalue weighted by atomic mass is 35.5. The summed E-state index contributed by atoms with van der Waals surface area (Å²) in [5, 5.41) is 15.6. The Morgan fingerprint density at radius 3 is 2.14 bits per heavy atom. The van der Waals surface area contributed by atoms with Crippen molar-refractivity contribution in [2.45, 2.75) is 19.0 Å². The predicted molar refractivity (Wildman–Crippen MR) is 134 cm³/mol. The molecule has 2 atom stereocenters. The lowest BCUT2D eigenvalue weighted by molar-refractivity contribution is -0.143. The molecule has 11 heteroatoms. The van der Waals surface area contributed by atoms with Gasteiger partial charge in [0.2, 0.25) is 11.8 Å². The number of hydrogen-bond acceptors (Lipinski definition) is 10. The number of nitrogens with zero attached hydrogens (tertiary/aromatic N) is 1. The van der Waals surface area contributed by atoms with Crippen LogP contribution in [0.2, 0.25) is 0 Å². The summed E-state index contributed by atoms with van der Waals surface area (Å²) in [6.07, 6.45) is 0. The van der Waals surface area contributed by atoms with Crippen LogP contribution in [0.1, 0.15) is 18.1 Å². The third kappa shape index (κ3) is 11.5. The molecular weight excluding hydrogens is 478 g/mol. The molecule has 1 heterocycles. The Bertz CT molecular complexity index is 927. The van der Waals surface area contributed by atoms with Gasteiger partial charge in [0.25, 0.3) is 0 Å². The van der Waals surface area contributed by atoms with Crippen molar-refractivity contribution in [3.05, 3.63) is 71.8 Å². The molecule has 0 bridgehead atoms. The van der Waals surface area contributed by atoms with Crippen molar-refractivity contribution >= 4 is 36.1 Å². The van der Waals surface area contributed by atoms with Crippen LogP contribution in [0.25, 0.3) is 0 Å². The third-order valence-corrected chi connectivity index (χ3v) is 4.17. The minimum absolute atomic E-state index is 0. The Labute approximate surface area is 211 Å². The van der Waals surface area contributed by atoms with Crippen molar-refractivity contribution in [2.24, 2.45) is 10.7 Å². The summed E-state index contributed by atoms with van der Waals surface area (Å²) in [6.45, 7) is 2.31. The molecule has 0 saturated carbocycles. The first-order valence-corrected chi connectivity index (χ1v) is 10.4. The van der Waals surface area contributed by atoms with Crippen LogP contribution in [0.3, 0.4) is 0 Å². The van der Waals surface area contributed by atoms with E-state index in [1.54, 1.807) is 0 Å². The molecule has 0 unspecified atom stereocenters. The molecule has 3 rings (SSSR count). The van der Waals surface area contributed by atoms with E-state index in [0.29, 0.717) is 12.5 Å². The number of carbonyl (C=O) groups is 2. The van der Waals surface area contributed by atoms with Crippen LogP contribution >= 0.6 is 12.4 Å². The number of methoxy groups -OCH3 is 2. The Hall–Kier alpha value is -3.47. The van der Waals surface area contributed by atoms with E-state index in [-0.39, 0.29) is 37.5 Å². The monoisotopic (exact) mass is 509 g/mol. The second-order valence-corrected chi connectivity index (χ2v) is 6.59.